The number of carbonyl (C=O) groups excluding carboxylic acids is 1. The van der Waals surface area contributed by atoms with E-state index in [2.05, 4.69) is 5.10 Å². The molecule has 0 radical (unpaired) electrons. The Labute approximate surface area is 91.5 Å². The molecule has 0 N–H and O–H groups in total. The summed E-state index contributed by atoms with van der Waals surface area (Å²) >= 11 is 0. The van der Waals surface area contributed by atoms with Crippen LogP contribution in [0.4, 0.5) is 0 Å². The Morgan fingerprint density at radius 3 is 2.67 bits per heavy atom. The molecule has 1 aliphatic carbocycles. The summed E-state index contributed by atoms with van der Waals surface area (Å²) < 4.78 is 0. The highest BCUT2D eigenvalue weighted by atomic mass is 16.2. The highest BCUT2D eigenvalue weighted by molar-refractivity contribution is 5.92. The van der Waals surface area contributed by atoms with E-state index in [1.165, 1.54) is 42.8 Å². The van der Waals surface area contributed by atoms with Crippen molar-refractivity contribution >= 4 is 11.6 Å². The van der Waals surface area contributed by atoms with Gasteiger partial charge in [-0.05, 0) is 18.8 Å². The Kier molecular flexibility index (Phi) is 3.39. The van der Waals surface area contributed by atoms with E-state index in [1.54, 1.807) is 7.05 Å². The van der Waals surface area contributed by atoms with Crippen LogP contribution in [0.5, 0.6) is 0 Å². The molecule has 2 rings (SSSR count). The first-order chi connectivity index (χ1) is 7.25. The van der Waals surface area contributed by atoms with E-state index in [9.17, 15) is 4.79 Å². The van der Waals surface area contributed by atoms with Crippen LogP contribution in [0.1, 0.15) is 51.4 Å². The number of carbonyl (C=O) groups is 1. The van der Waals surface area contributed by atoms with E-state index >= 15 is 0 Å². The summed E-state index contributed by atoms with van der Waals surface area (Å²) in [6.07, 6.45) is 9.55. The highest BCUT2D eigenvalue weighted by Crippen LogP contribution is 2.28. The summed E-state index contributed by atoms with van der Waals surface area (Å²) in [6.45, 7) is 0. The minimum Gasteiger partial charge on any atom is -0.273 e. The van der Waals surface area contributed by atoms with E-state index in [0.717, 1.165) is 18.8 Å². The third-order valence-electron chi connectivity index (χ3n) is 3.53. The molecule has 0 atom stereocenters. The lowest BCUT2D eigenvalue weighted by Crippen LogP contribution is -2.29. The van der Waals surface area contributed by atoms with Crippen LogP contribution in [0, 0.1) is 5.92 Å². The van der Waals surface area contributed by atoms with Crippen LogP contribution in [-0.4, -0.2) is 23.7 Å². The second kappa shape index (κ2) is 4.77. The maximum Gasteiger partial charge on any atom is 0.242 e. The zero-order valence-corrected chi connectivity index (χ0v) is 9.54. The van der Waals surface area contributed by atoms with Gasteiger partial charge in [-0.15, -0.1) is 0 Å². The van der Waals surface area contributed by atoms with Gasteiger partial charge in [-0.1, -0.05) is 32.1 Å². The third-order valence-corrected chi connectivity index (χ3v) is 3.53. The minimum atomic E-state index is 0.155. The Morgan fingerprint density at radius 1 is 1.27 bits per heavy atom. The molecule has 3 nitrogen and oxygen atoms in total. The predicted molar refractivity (Wildman–Crippen MR) is 60.6 cm³/mol. The van der Waals surface area contributed by atoms with Crippen molar-refractivity contribution in [2.24, 2.45) is 11.0 Å². The summed E-state index contributed by atoms with van der Waals surface area (Å²) in [6, 6.07) is 0. The molecule has 84 valence electrons. The van der Waals surface area contributed by atoms with E-state index < -0.39 is 0 Å². The number of rotatable bonds is 2. The largest absolute Gasteiger partial charge is 0.273 e. The van der Waals surface area contributed by atoms with Gasteiger partial charge in [0.25, 0.3) is 0 Å². The standard InChI is InChI=1S/C12H20N2O/c1-14-12(15)8-7-11(13-14)9-10-5-3-2-4-6-10/h10H,2-9H2,1H3. The molecule has 0 saturated heterocycles. The van der Waals surface area contributed by atoms with Crippen LogP contribution in [0.2, 0.25) is 0 Å². The van der Waals surface area contributed by atoms with Gasteiger partial charge in [0.15, 0.2) is 0 Å². The summed E-state index contributed by atoms with van der Waals surface area (Å²) in [4.78, 5) is 11.3. The molecule has 0 aromatic heterocycles. The second-order valence-corrected chi connectivity index (χ2v) is 4.79. The maximum absolute atomic E-state index is 11.3. The number of hydrogen-bond donors (Lipinski definition) is 0. The Balaban J connectivity index is 1.88. The first-order valence-corrected chi connectivity index (χ1v) is 6.08. The van der Waals surface area contributed by atoms with Crippen LogP contribution >= 0.6 is 0 Å². The van der Waals surface area contributed by atoms with Gasteiger partial charge >= 0.3 is 0 Å². The lowest BCUT2D eigenvalue weighted by atomic mass is 9.85. The van der Waals surface area contributed by atoms with Gasteiger partial charge in [0.1, 0.15) is 0 Å². The summed E-state index contributed by atoms with van der Waals surface area (Å²) in [7, 11) is 1.77. The molecule has 0 spiro atoms. The van der Waals surface area contributed by atoms with Gasteiger partial charge in [-0.25, -0.2) is 5.01 Å². The summed E-state index contributed by atoms with van der Waals surface area (Å²) in [5, 5.41) is 5.87. The Morgan fingerprint density at radius 2 is 2.00 bits per heavy atom. The molecule has 1 aliphatic heterocycles. The van der Waals surface area contributed by atoms with Crippen molar-refractivity contribution in [2.45, 2.75) is 51.4 Å². The topological polar surface area (TPSA) is 32.7 Å². The normalized spacial score (nSPS) is 24.2. The maximum atomic E-state index is 11.3. The van der Waals surface area contributed by atoms with E-state index in [0.29, 0.717) is 6.42 Å². The van der Waals surface area contributed by atoms with Crippen LogP contribution in [0.15, 0.2) is 5.10 Å². The van der Waals surface area contributed by atoms with Crippen LogP contribution < -0.4 is 0 Å². The zero-order valence-electron chi connectivity index (χ0n) is 9.54. The molecule has 1 amide bonds. The fourth-order valence-electron chi connectivity index (χ4n) is 2.60. The van der Waals surface area contributed by atoms with Gasteiger partial charge in [-0.2, -0.15) is 5.10 Å². The molecule has 0 bridgehead atoms. The zero-order chi connectivity index (χ0) is 10.7. The molecule has 1 saturated carbocycles. The predicted octanol–water partition coefficient (Wildman–Crippen LogP) is 2.57. The minimum absolute atomic E-state index is 0.155. The van der Waals surface area contributed by atoms with Gasteiger partial charge < -0.3 is 0 Å². The number of hydrazone groups is 1. The van der Waals surface area contributed by atoms with E-state index in [-0.39, 0.29) is 5.91 Å². The monoisotopic (exact) mass is 208 g/mol. The van der Waals surface area contributed by atoms with Gasteiger partial charge in [0.05, 0.1) is 0 Å². The summed E-state index contributed by atoms with van der Waals surface area (Å²) in [5.74, 6) is 0.987. The molecule has 0 unspecified atom stereocenters. The van der Waals surface area contributed by atoms with Gasteiger partial charge in [0.2, 0.25) is 5.91 Å². The van der Waals surface area contributed by atoms with Crippen molar-refractivity contribution in [1.29, 1.82) is 0 Å². The fourth-order valence-corrected chi connectivity index (χ4v) is 2.60. The third kappa shape index (κ3) is 2.80. The molecule has 0 aromatic carbocycles. The van der Waals surface area contributed by atoms with Crippen molar-refractivity contribution in [3.05, 3.63) is 0 Å². The van der Waals surface area contributed by atoms with Crippen molar-refractivity contribution in [3.8, 4) is 0 Å². The van der Waals surface area contributed by atoms with E-state index in [1.807, 2.05) is 0 Å². The van der Waals surface area contributed by atoms with Crippen molar-refractivity contribution in [1.82, 2.24) is 5.01 Å². The second-order valence-electron chi connectivity index (χ2n) is 4.79. The fraction of sp³-hybridized carbons (Fsp3) is 0.833. The molecular formula is C12H20N2O. The van der Waals surface area contributed by atoms with Crippen LogP contribution in [-0.2, 0) is 4.79 Å². The number of nitrogens with zero attached hydrogens (tertiary/aromatic N) is 2. The molecule has 3 heteroatoms. The van der Waals surface area contributed by atoms with Gasteiger partial charge in [0, 0.05) is 19.2 Å². The SMILES string of the molecule is CN1N=C(CC2CCCCC2)CCC1=O. The van der Waals surface area contributed by atoms with Gasteiger partial charge in [-0.3, -0.25) is 4.79 Å². The Hall–Kier alpha value is -0.860. The molecular weight excluding hydrogens is 188 g/mol. The average Bonchev–Trinajstić information content (AvgIpc) is 2.25. The quantitative estimate of drug-likeness (QED) is 0.686. The molecule has 15 heavy (non-hydrogen) atoms. The first kappa shape index (κ1) is 10.7. The highest BCUT2D eigenvalue weighted by Gasteiger charge is 2.21. The first-order valence-electron chi connectivity index (χ1n) is 6.08. The molecule has 2 aliphatic rings. The Bertz CT molecular complexity index is 267. The van der Waals surface area contributed by atoms with Crippen LogP contribution in [0.3, 0.4) is 0 Å². The van der Waals surface area contributed by atoms with Crippen molar-refractivity contribution < 1.29 is 4.79 Å². The van der Waals surface area contributed by atoms with Crippen LogP contribution in [0.25, 0.3) is 0 Å². The lowest BCUT2D eigenvalue weighted by molar-refractivity contribution is -0.130. The summed E-state index contributed by atoms with van der Waals surface area (Å²) in [5.41, 5.74) is 1.24. The number of amides is 1. The molecule has 0 aromatic rings. The average molecular weight is 208 g/mol. The van der Waals surface area contributed by atoms with Crippen molar-refractivity contribution in [3.63, 3.8) is 0 Å². The molecule has 1 fully saturated rings. The molecule has 1 heterocycles. The van der Waals surface area contributed by atoms with Crippen molar-refractivity contribution in [2.75, 3.05) is 7.05 Å². The smallest absolute Gasteiger partial charge is 0.242 e. The number of hydrogen-bond acceptors (Lipinski definition) is 2. The lowest BCUT2D eigenvalue weighted by Gasteiger charge is -2.25. The van der Waals surface area contributed by atoms with E-state index in [4.69, 9.17) is 0 Å².